The fourth-order valence-corrected chi connectivity index (χ4v) is 4.52. The number of anilines is 1. The molecule has 10 heteroatoms. The van der Waals surface area contributed by atoms with Gasteiger partial charge in [-0.05, 0) is 49.4 Å². The van der Waals surface area contributed by atoms with E-state index in [1.54, 1.807) is 12.1 Å². The molecule has 0 spiro atoms. The topological polar surface area (TPSA) is 115 Å². The summed E-state index contributed by atoms with van der Waals surface area (Å²) < 4.78 is 12.6. The summed E-state index contributed by atoms with van der Waals surface area (Å²) in [6.45, 7) is 15.3. The second-order valence-electron chi connectivity index (χ2n) is 10.00. The summed E-state index contributed by atoms with van der Waals surface area (Å²) in [6.07, 6.45) is 6.61. The second-order valence-corrected chi connectivity index (χ2v) is 15.6. The maximum Gasteiger partial charge on any atom is 0.411 e. The number of imidazole rings is 1. The number of carboxylic acid groups (broad SMARTS) is 1. The number of aryl methyl sites for hydroxylation is 1. The Morgan fingerprint density at radius 2 is 2.00 bits per heavy atom. The zero-order valence-corrected chi connectivity index (χ0v) is 23.4. The lowest BCUT2D eigenvalue weighted by Gasteiger charge is -2.18. The number of benzene rings is 1. The Bertz CT molecular complexity index is 1080. The Morgan fingerprint density at radius 3 is 2.62 bits per heavy atom. The molecule has 1 atom stereocenters. The molecule has 1 heterocycles. The van der Waals surface area contributed by atoms with Gasteiger partial charge in [-0.25, -0.2) is 14.6 Å². The molecular formula is C27H40N4O5Si. The SMILES string of the molecule is C=CCCCc1cc(NC(=O)OC)ccc1-c1cn(COCC[Si](C)(C)C)c([C@H](CC=C)NC(=O)O)n1. The second kappa shape index (κ2) is 14.4. The third-order valence-corrected chi connectivity index (χ3v) is 7.42. The number of hydrogen-bond donors (Lipinski definition) is 3. The van der Waals surface area contributed by atoms with E-state index in [1.165, 1.54) is 7.11 Å². The molecule has 2 aromatic rings. The number of rotatable bonds is 15. The van der Waals surface area contributed by atoms with Gasteiger partial charge in [0.1, 0.15) is 12.6 Å². The van der Waals surface area contributed by atoms with Crippen molar-refractivity contribution in [3.8, 4) is 11.3 Å². The van der Waals surface area contributed by atoms with Gasteiger partial charge in [-0.15, -0.1) is 13.2 Å². The molecule has 0 bridgehead atoms. The van der Waals surface area contributed by atoms with E-state index in [0.29, 0.717) is 30.2 Å². The predicted molar refractivity (Wildman–Crippen MR) is 150 cm³/mol. The van der Waals surface area contributed by atoms with E-state index in [-0.39, 0.29) is 6.73 Å². The molecular weight excluding hydrogens is 488 g/mol. The van der Waals surface area contributed by atoms with Crippen LogP contribution in [0.25, 0.3) is 11.3 Å². The normalized spacial score (nSPS) is 12.0. The fourth-order valence-electron chi connectivity index (χ4n) is 3.76. The molecule has 3 N–H and O–H groups in total. The predicted octanol–water partition coefficient (Wildman–Crippen LogP) is 6.43. The summed E-state index contributed by atoms with van der Waals surface area (Å²) >= 11 is 0. The molecule has 0 saturated carbocycles. The number of nitrogens with one attached hydrogen (secondary N) is 2. The summed E-state index contributed by atoms with van der Waals surface area (Å²) in [6, 6.07) is 6.06. The van der Waals surface area contributed by atoms with Crippen LogP contribution in [0.15, 0.2) is 49.7 Å². The molecule has 0 fully saturated rings. The van der Waals surface area contributed by atoms with Crippen molar-refractivity contribution in [3.63, 3.8) is 0 Å². The minimum absolute atomic E-state index is 0.259. The number of ether oxygens (including phenoxy) is 2. The van der Waals surface area contributed by atoms with Crippen LogP contribution in [-0.2, 0) is 22.6 Å². The van der Waals surface area contributed by atoms with Crippen molar-refractivity contribution in [2.45, 2.75) is 64.1 Å². The first kappa shape index (κ1) is 29.9. The van der Waals surface area contributed by atoms with Crippen LogP contribution < -0.4 is 10.6 Å². The highest BCUT2D eigenvalue weighted by atomic mass is 28.3. The van der Waals surface area contributed by atoms with Gasteiger partial charge >= 0.3 is 12.2 Å². The van der Waals surface area contributed by atoms with Crippen LogP contribution in [0.2, 0.25) is 25.7 Å². The average molecular weight is 529 g/mol. The number of methoxy groups -OCH3 is 1. The lowest BCUT2D eigenvalue weighted by molar-refractivity contribution is 0.0837. The smallest absolute Gasteiger partial charge is 0.411 e. The third kappa shape index (κ3) is 9.89. The van der Waals surface area contributed by atoms with Gasteiger partial charge in [0.05, 0.1) is 18.8 Å². The zero-order chi connectivity index (χ0) is 27.4. The van der Waals surface area contributed by atoms with Gasteiger partial charge in [-0.1, -0.05) is 37.9 Å². The highest BCUT2D eigenvalue weighted by Gasteiger charge is 2.22. The highest BCUT2D eigenvalue weighted by Crippen LogP contribution is 2.30. The van der Waals surface area contributed by atoms with Crippen molar-refractivity contribution in [2.24, 2.45) is 0 Å². The Labute approximate surface area is 220 Å². The number of aromatic nitrogens is 2. The van der Waals surface area contributed by atoms with E-state index in [9.17, 15) is 14.7 Å². The Hall–Kier alpha value is -3.37. The molecule has 1 aromatic carbocycles. The lowest BCUT2D eigenvalue weighted by atomic mass is 9.99. The van der Waals surface area contributed by atoms with E-state index in [2.05, 4.69) is 43.4 Å². The summed E-state index contributed by atoms with van der Waals surface area (Å²) in [5.41, 5.74) is 3.21. The summed E-state index contributed by atoms with van der Waals surface area (Å²) in [5.74, 6) is 0.555. The van der Waals surface area contributed by atoms with Crippen molar-refractivity contribution >= 4 is 25.9 Å². The summed E-state index contributed by atoms with van der Waals surface area (Å²) in [4.78, 5) is 28.1. The van der Waals surface area contributed by atoms with Crippen LogP contribution in [0.4, 0.5) is 15.3 Å². The molecule has 2 rings (SSSR count). The number of unbranched alkanes of at least 4 members (excludes halogenated alkanes) is 1. The van der Waals surface area contributed by atoms with Gasteiger partial charge < -0.3 is 24.5 Å². The Balaban J connectivity index is 2.48. The molecule has 0 aliphatic rings. The summed E-state index contributed by atoms with van der Waals surface area (Å²) in [7, 11) is 0.0635. The van der Waals surface area contributed by atoms with E-state index in [4.69, 9.17) is 14.5 Å². The van der Waals surface area contributed by atoms with Crippen molar-refractivity contribution in [3.05, 3.63) is 61.1 Å². The number of hydrogen-bond acceptors (Lipinski definition) is 5. The number of carbonyl (C=O) groups excluding carboxylic acids is 1. The van der Waals surface area contributed by atoms with Gasteiger partial charge in [0, 0.05) is 32.1 Å². The van der Waals surface area contributed by atoms with Gasteiger partial charge in [-0.3, -0.25) is 5.32 Å². The van der Waals surface area contributed by atoms with Crippen molar-refractivity contribution in [1.82, 2.24) is 14.9 Å². The molecule has 9 nitrogen and oxygen atoms in total. The average Bonchev–Trinajstić information content (AvgIpc) is 3.25. The van der Waals surface area contributed by atoms with Crippen LogP contribution in [0.1, 0.15) is 36.7 Å². The van der Waals surface area contributed by atoms with Crippen LogP contribution in [0.5, 0.6) is 0 Å². The van der Waals surface area contributed by atoms with E-state index >= 15 is 0 Å². The monoisotopic (exact) mass is 528 g/mol. The molecule has 202 valence electrons. The summed E-state index contributed by atoms with van der Waals surface area (Å²) in [5, 5.41) is 14.7. The molecule has 37 heavy (non-hydrogen) atoms. The largest absolute Gasteiger partial charge is 0.465 e. The van der Waals surface area contributed by atoms with E-state index in [1.807, 2.05) is 29.0 Å². The molecule has 0 saturated heterocycles. The first-order valence-electron chi connectivity index (χ1n) is 12.4. The van der Waals surface area contributed by atoms with Crippen LogP contribution >= 0.6 is 0 Å². The maximum atomic E-state index is 11.7. The van der Waals surface area contributed by atoms with Gasteiger partial charge in [0.25, 0.3) is 0 Å². The highest BCUT2D eigenvalue weighted by molar-refractivity contribution is 6.76. The first-order valence-corrected chi connectivity index (χ1v) is 16.1. The standard InChI is InChI=1S/C27H40N4O5Si/c1-7-9-10-12-20-17-21(28-27(34)35-3)13-14-22(20)24-18-31(19-36-15-16-37(4,5)6)25(29-24)23(11-8-2)30-26(32)33/h7-8,13-14,17-18,23,30H,1-2,9-12,15-16,19H2,3-6H3,(H,28,34)(H,32,33)/t23-/m0/s1. The third-order valence-electron chi connectivity index (χ3n) is 5.71. The van der Waals surface area contributed by atoms with Crippen LogP contribution in [0, 0.1) is 0 Å². The fraction of sp³-hybridized carbons (Fsp3) is 0.444. The van der Waals surface area contributed by atoms with Gasteiger partial charge in [0.2, 0.25) is 0 Å². The molecule has 0 radical (unpaired) electrons. The zero-order valence-electron chi connectivity index (χ0n) is 22.4. The molecule has 0 aliphatic carbocycles. The quantitative estimate of drug-likeness (QED) is 0.139. The molecule has 2 amide bonds. The van der Waals surface area contributed by atoms with E-state index in [0.717, 1.165) is 36.4 Å². The van der Waals surface area contributed by atoms with Crippen LogP contribution in [-0.4, -0.2) is 48.6 Å². The molecule has 1 aromatic heterocycles. The van der Waals surface area contributed by atoms with E-state index < -0.39 is 26.3 Å². The number of carbonyl (C=O) groups is 2. The minimum Gasteiger partial charge on any atom is -0.465 e. The maximum absolute atomic E-state index is 11.7. The first-order chi connectivity index (χ1) is 17.6. The molecule has 0 aliphatic heterocycles. The van der Waals surface area contributed by atoms with Gasteiger partial charge in [-0.2, -0.15) is 0 Å². The van der Waals surface area contributed by atoms with Crippen molar-refractivity contribution in [2.75, 3.05) is 19.0 Å². The van der Waals surface area contributed by atoms with Gasteiger partial charge in [0.15, 0.2) is 0 Å². The van der Waals surface area contributed by atoms with Crippen molar-refractivity contribution < 1.29 is 24.2 Å². The number of nitrogens with zero attached hydrogens (tertiary/aromatic N) is 2. The Morgan fingerprint density at radius 1 is 1.24 bits per heavy atom. The van der Waals surface area contributed by atoms with Crippen LogP contribution in [0.3, 0.4) is 0 Å². The lowest BCUT2D eigenvalue weighted by Crippen LogP contribution is -2.29. The minimum atomic E-state index is -1.26. The Kier molecular flexibility index (Phi) is 11.6. The number of allylic oxidation sites excluding steroid dienone is 1. The van der Waals surface area contributed by atoms with Crippen molar-refractivity contribution in [1.29, 1.82) is 0 Å². The molecule has 0 unspecified atom stereocenters. The number of amides is 2.